The van der Waals surface area contributed by atoms with Crippen LogP contribution in [0.4, 0.5) is 11.4 Å². The van der Waals surface area contributed by atoms with Gasteiger partial charge in [0.15, 0.2) is 0 Å². The summed E-state index contributed by atoms with van der Waals surface area (Å²) in [6.45, 7) is 0. The number of hydrogen-bond acceptors (Lipinski definition) is 2. The van der Waals surface area contributed by atoms with Gasteiger partial charge in [-0.25, -0.2) is 0 Å². The first-order chi connectivity index (χ1) is 18.8. The first kappa shape index (κ1) is 23.5. The van der Waals surface area contributed by atoms with Crippen LogP contribution in [-0.4, -0.2) is 0 Å². The molecule has 1 N–H and O–H groups in total. The molecule has 0 radical (unpaired) electrons. The van der Waals surface area contributed by atoms with E-state index in [2.05, 4.69) is 133 Å². The summed E-state index contributed by atoms with van der Waals surface area (Å²) in [7, 11) is 0. The van der Waals surface area contributed by atoms with Crippen molar-refractivity contribution in [3.63, 3.8) is 0 Å². The molecule has 0 aliphatic carbocycles. The summed E-state index contributed by atoms with van der Waals surface area (Å²) in [6.07, 6.45) is 1.13. The minimum atomic E-state index is -0.477. The van der Waals surface area contributed by atoms with Gasteiger partial charge in [-0.05, 0) is 81.1 Å². The summed E-state index contributed by atoms with van der Waals surface area (Å²) in [5.41, 5.74) is 5.19. The van der Waals surface area contributed by atoms with Crippen molar-refractivity contribution in [3.05, 3.63) is 156 Å². The topological polar surface area (TPSA) is 35.8 Å². The van der Waals surface area contributed by atoms with E-state index in [9.17, 15) is 5.26 Å². The molecule has 2 heteroatoms. The zero-order valence-corrected chi connectivity index (χ0v) is 21.1. The molecule has 0 spiro atoms. The Labute approximate surface area is 223 Å². The fourth-order valence-electron chi connectivity index (χ4n) is 5.61. The highest BCUT2D eigenvalue weighted by Crippen LogP contribution is 2.45. The predicted molar refractivity (Wildman–Crippen MR) is 159 cm³/mol. The lowest BCUT2D eigenvalue weighted by Crippen LogP contribution is -2.29. The van der Waals surface area contributed by atoms with E-state index in [1.807, 2.05) is 18.2 Å². The number of hydrogen-bond donors (Lipinski definition) is 1. The number of nitrogens with one attached hydrogen (secondary N) is 1. The summed E-state index contributed by atoms with van der Waals surface area (Å²) in [5.74, 6) is 0. The molecule has 0 saturated carbocycles. The first-order valence-corrected chi connectivity index (χ1v) is 13.0. The molecule has 0 saturated heterocycles. The summed E-state index contributed by atoms with van der Waals surface area (Å²) < 4.78 is 0. The fourth-order valence-corrected chi connectivity index (χ4v) is 5.61. The minimum Gasteiger partial charge on any atom is -0.356 e. The molecule has 0 atom stereocenters. The maximum Gasteiger partial charge on any atom is 0.0622 e. The van der Waals surface area contributed by atoms with E-state index in [4.69, 9.17) is 0 Å². The van der Waals surface area contributed by atoms with Crippen LogP contribution in [0.5, 0.6) is 0 Å². The monoisotopic (exact) mass is 488 g/mol. The van der Waals surface area contributed by atoms with E-state index in [0.717, 1.165) is 11.4 Å². The Bertz CT molecular complexity index is 1670. The molecule has 0 heterocycles. The van der Waals surface area contributed by atoms with Crippen molar-refractivity contribution in [2.75, 3.05) is 5.32 Å². The molecular weight excluding hydrogens is 460 g/mol. The van der Waals surface area contributed by atoms with Gasteiger partial charge in [-0.3, -0.25) is 0 Å². The van der Waals surface area contributed by atoms with Crippen molar-refractivity contribution in [3.8, 4) is 6.07 Å². The molecule has 2 nitrogen and oxygen atoms in total. The Morgan fingerprint density at radius 1 is 0.500 bits per heavy atom. The molecule has 6 rings (SSSR count). The zero-order valence-electron chi connectivity index (χ0n) is 21.1. The maximum atomic E-state index is 9.76. The lowest BCUT2D eigenvalue weighted by molar-refractivity contribution is 0.570. The van der Waals surface area contributed by atoms with E-state index in [1.165, 1.54) is 38.2 Å². The average Bonchev–Trinajstić information content (AvgIpc) is 2.98. The second-order valence-corrected chi connectivity index (χ2v) is 9.76. The van der Waals surface area contributed by atoms with E-state index in [0.29, 0.717) is 12.8 Å². The van der Waals surface area contributed by atoms with E-state index >= 15 is 0 Å². The van der Waals surface area contributed by atoms with Gasteiger partial charge in [0.2, 0.25) is 0 Å². The van der Waals surface area contributed by atoms with Crippen molar-refractivity contribution in [1.82, 2.24) is 0 Å². The molecule has 0 amide bonds. The molecule has 0 aromatic heterocycles. The Morgan fingerprint density at radius 3 is 1.53 bits per heavy atom. The highest BCUT2D eigenvalue weighted by molar-refractivity contribution is 5.86. The van der Waals surface area contributed by atoms with Crippen LogP contribution in [0.1, 0.15) is 29.5 Å². The van der Waals surface area contributed by atoms with Crippen molar-refractivity contribution in [2.45, 2.75) is 18.3 Å². The van der Waals surface area contributed by atoms with Gasteiger partial charge in [0.05, 0.1) is 6.07 Å². The third-order valence-corrected chi connectivity index (χ3v) is 7.54. The number of nitriles is 1. The molecule has 6 aromatic carbocycles. The van der Waals surface area contributed by atoms with Crippen LogP contribution in [0, 0.1) is 11.3 Å². The van der Waals surface area contributed by atoms with Crippen molar-refractivity contribution >= 4 is 32.9 Å². The zero-order chi connectivity index (χ0) is 25.8. The van der Waals surface area contributed by atoms with Gasteiger partial charge in [0, 0.05) is 23.2 Å². The summed E-state index contributed by atoms with van der Waals surface area (Å²) in [4.78, 5) is 0. The van der Waals surface area contributed by atoms with Gasteiger partial charge < -0.3 is 5.32 Å². The van der Waals surface area contributed by atoms with Gasteiger partial charge in [-0.15, -0.1) is 0 Å². The highest BCUT2D eigenvalue weighted by atomic mass is 14.9. The predicted octanol–water partition coefficient (Wildman–Crippen LogP) is 9.37. The first-order valence-electron chi connectivity index (χ1n) is 13.0. The Balaban J connectivity index is 1.55. The molecule has 0 aliphatic rings. The normalized spacial score (nSPS) is 11.3. The molecule has 38 heavy (non-hydrogen) atoms. The van der Waals surface area contributed by atoms with Gasteiger partial charge >= 0.3 is 0 Å². The molecule has 6 aromatic rings. The number of anilines is 2. The molecule has 0 bridgehead atoms. The Morgan fingerprint density at radius 2 is 0.974 bits per heavy atom. The standard InChI is InChI=1S/C36H28N2/c37-24-8-23-36(32-17-15-27-9-4-6-11-29(27)25-32,33-18-16-28-10-5-7-12-30(28)26-33)31-19-21-35(22-20-31)38-34-13-2-1-3-14-34/h1-7,9-22,25-26,38H,8,23H2. The number of rotatable bonds is 7. The van der Waals surface area contributed by atoms with E-state index in [1.54, 1.807) is 0 Å². The van der Waals surface area contributed by atoms with Gasteiger partial charge in [0.25, 0.3) is 0 Å². The second-order valence-electron chi connectivity index (χ2n) is 9.76. The van der Waals surface area contributed by atoms with Crippen LogP contribution in [0.15, 0.2) is 140 Å². The molecular formula is C36H28N2. The second kappa shape index (κ2) is 10.2. The van der Waals surface area contributed by atoms with E-state index in [-0.39, 0.29) is 0 Å². The quantitative estimate of drug-likeness (QED) is 0.227. The smallest absolute Gasteiger partial charge is 0.0622 e. The number of nitrogens with zero attached hydrogens (tertiary/aromatic N) is 1. The average molecular weight is 489 g/mol. The largest absolute Gasteiger partial charge is 0.356 e. The van der Waals surface area contributed by atoms with Crippen LogP contribution in [-0.2, 0) is 5.41 Å². The summed E-state index contributed by atoms with van der Waals surface area (Å²) in [6, 6.07) is 51.8. The fraction of sp³-hybridized carbons (Fsp3) is 0.0833. The lowest BCUT2D eigenvalue weighted by Gasteiger charge is -2.36. The molecule has 0 aliphatic heterocycles. The van der Waals surface area contributed by atoms with Crippen LogP contribution < -0.4 is 5.32 Å². The number of para-hydroxylation sites is 1. The van der Waals surface area contributed by atoms with Crippen molar-refractivity contribution in [1.29, 1.82) is 5.26 Å². The van der Waals surface area contributed by atoms with Gasteiger partial charge in [0.1, 0.15) is 0 Å². The summed E-state index contributed by atoms with van der Waals surface area (Å²) in [5, 5.41) is 18.1. The highest BCUT2D eigenvalue weighted by Gasteiger charge is 2.36. The lowest BCUT2D eigenvalue weighted by atomic mass is 9.66. The van der Waals surface area contributed by atoms with Gasteiger partial charge in [-0.2, -0.15) is 5.26 Å². The molecule has 0 fully saturated rings. The van der Waals surface area contributed by atoms with Crippen molar-refractivity contribution < 1.29 is 0 Å². The van der Waals surface area contributed by atoms with E-state index < -0.39 is 5.41 Å². The SMILES string of the molecule is N#CCCC(c1ccc(Nc2ccccc2)cc1)(c1ccc2ccccc2c1)c1ccc2ccccc2c1. The van der Waals surface area contributed by atoms with Crippen LogP contribution >= 0.6 is 0 Å². The molecule has 182 valence electrons. The third-order valence-electron chi connectivity index (χ3n) is 7.54. The summed E-state index contributed by atoms with van der Waals surface area (Å²) >= 11 is 0. The maximum absolute atomic E-state index is 9.76. The van der Waals surface area contributed by atoms with Crippen molar-refractivity contribution in [2.24, 2.45) is 0 Å². The minimum absolute atomic E-state index is 0.448. The van der Waals surface area contributed by atoms with Crippen LogP contribution in [0.3, 0.4) is 0 Å². The Hall–Kier alpha value is -4.87. The molecule has 0 unspecified atom stereocenters. The Kier molecular flexibility index (Phi) is 6.34. The number of fused-ring (bicyclic) bond motifs is 2. The van der Waals surface area contributed by atoms with Crippen LogP contribution in [0.2, 0.25) is 0 Å². The third kappa shape index (κ3) is 4.40. The number of benzene rings is 6. The van der Waals surface area contributed by atoms with Crippen LogP contribution in [0.25, 0.3) is 21.5 Å². The van der Waals surface area contributed by atoms with Gasteiger partial charge in [-0.1, -0.05) is 103 Å².